The van der Waals surface area contributed by atoms with E-state index < -0.39 is 0 Å². The number of amidine groups is 1. The molecule has 2 aromatic rings. The largest absolute Gasteiger partial charge is 0.304 e. The normalized spacial score (nSPS) is 19.9. The van der Waals surface area contributed by atoms with E-state index in [0.29, 0.717) is 32.9 Å². The number of benzene rings is 2. The van der Waals surface area contributed by atoms with E-state index in [1.165, 1.54) is 0 Å². The van der Waals surface area contributed by atoms with Gasteiger partial charge < -0.3 is 10.2 Å². The molecular formula is C21H16ClN3O2S. The van der Waals surface area contributed by atoms with Crippen molar-refractivity contribution < 1.29 is 9.59 Å². The zero-order chi connectivity index (χ0) is 19.8. The number of rotatable bonds is 3. The van der Waals surface area contributed by atoms with Crippen LogP contribution in [0.15, 0.2) is 65.0 Å². The molecule has 2 aromatic carbocycles. The number of anilines is 1. The number of halogens is 1. The maximum Gasteiger partial charge on any atom is 0.264 e. The summed E-state index contributed by atoms with van der Waals surface area (Å²) in [6, 6.07) is 12.9. The number of nitrogens with one attached hydrogen (secondary N) is 1. The quantitative estimate of drug-likeness (QED) is 0.602. The van der Waals surface area contributed by atoms with Crippen molar-refractivity contribution in [3.8, 4) is 0 Å². The van der Waals surface area contributed by atoms with Crippen LogP contribution in [0.25, 0.3) is 5.57 Å². The van der Waals surface area contributed by atoms with Gasteiger partial charge in [0.25, 0.3) is 11.8 Å². The average Bonchev–Trinajstić information content (AvgIpc) is 3.16. The van der Waals surface area contributed by atoms with Crippen molar-refractivity contribution in [2.45, 2.75) is 6.92 Å². The number of hydrogen-bond acceptors (Lipinski definition) is 4. The Kier molecular flexibility index (Phi) is 4.83. The Morgan fingerprint density at radius 2 is 2.04 bits per heavy atom. The molecule has 0 aliphatic carbocycles. The van der Waals surface area contributed by atoms with Gasteiger partial charge in [0.05, 0.1) is 21.9 Å². The highest BCUT2D eigenvalue weighted by molar-refractivity contribution is 8.18. The molecule has 1 saturated heterocycles. The number of fused-ring (bicyclic) bond motifs is 1. The zero-order valence-electron chi connectivity index (χ0n) is 15.0. The number of carbonyl (C=O) groups is 2. The van der Waals surface area contributed by atoms with Crippen molar-refractivity contribution >= 4 is 57.3 Å². The van der Waals surface area contributed by atoms with Gasteiger partial charge in [-0.1, -0.05) is 41.9 Å². The van der Waals surface area contributed by atoms with Gasteiger partial charge >= 0.3 is 0 Å². The summed E-state index contributed by atoms with van der Waals surface area (Å²) in [6.07, 6.45) is 1.66. The molecule has 0 saturated carbocycles. The molecule has 1 fully saturated rings. The van der Waals surface area contributed by atoms with E-state index in [4.69, 9.17) is 11.6 Å². The van der Waals surface area contributed by atoms with Crippen molar-refractivity contribution in [3.05, 3.63) is 76.2 Å². The summed E-state index contributed by atoms with van der Waals surface area (Å²) in [7, 11) is 0. The molecule has 2 amide bonds. The summed E-state index contributed by atoms with van der Waals surface area (Å²) in [6.45, 7) is 6.00. The lowest BCUT2D eigenvalue weighted by Gasteiger charge is -2.13. The molecule has 28 heavy (non-hydrogen) atoms. The number of aryl methyl sites for hydroxylation is 1. The Bertz CT molecular complexity index is 1090. The highest BCUT2D eigenvalue weighted by Crippen LogP contribution is 2.42. The number of carbonyl (C=O) groups excluding carboxylic acids is 2. The first-order chi connectivity index (χ1) is 13.5. The summed E-state index contributed by atoms with van der Waals surface area (Å²) < 4.78 is 0. The summed E-state index contributed by atoms with van der Waals surface area (Å²) >= 11 is 7.31. The predicted molar refractivity (Wildman–Crippen MR) is 115 cm³/mol. The minimum Gasteiger partial charge on any atom is -0.304 e. The standard InChI is InChI=1S/C21H16ClN3O2S/c1-3-10-25-16-7-5-4-6-14(16)17(20(25)27)18-19(26)24-21(28-18)23-13-9-8-12(2)15(22)11-13/h3-9,11H,1,10H2,2H3,(H,23,24,26)/b18-17-. The van der Waals surface area contributed by atoms with Crippen LogP contribution in [-0.4, -0.2) is 23.5 Å². The third-order valence-corrected chi connectivity index (χ3v) is 5.86. The molecule has 0 atom stereocenters. The number of aliphatic imine (C=N–C) groups is 1. The minimum atomic E-state index is -0.333. The Morgan fingerprint density at radius 1 is 1.25 bits per heavy atom. The van der Waals surface area contributed by atoms with Gasteiger partial charge in [0.2, 0.25) is 0 Å². The summed E-state index contributed by atoms with van der Waals surface area (Å²) in [5.74, 6) is -0.543. The molecule has 4 rings (SSSR count). The molecule has 2 aliphatic heterocycles. The van der Waals surface area contributed by atoms with Gasteiger partial charge in [0.1, 0.15) is 0 Å². The van der Waals surface area contributed by atoms with E-state index in [-0.39, 0.29) is 11.8 Å². The van der Waals surface area contributed by atoms with Gasteiger partial charge in [-0.2, -0.15) is 0 Å². The van der Waals surface area contributed by atoms with Crippen molar-refractivity contribution in [3.63, 3.8) is 0 Å². The zero-order valence-corrected chi connectivity index (χ0v) is 16.6. The van der Waals surface area contributed by atoms with Crippen molar-refractivity contribution in [1.82, 2.24) is 5.32 Å². The summed E-state index contributed by atoms with van der Waals surface area (Å²) in [5, 5.41) is 3.77. The molecule has 5 nitrogen and oxygen atoms in total. The number of hydrogen-bond donors (Lipinski definition) is 1. The van der Waals surface area contributed by atoms with E-state index >= 15 is 0 Å². The predicted octanol–water partition coefficient (Wildman–Crippen LogP) is 4.44. The van der Waals surface area contributed by atoms with Crippen LogP contribution in [0, 0.1) is 6.92 Å². The fourth-order valence-corrected chi connectivity index (χ4v) is 4.22. The average molecular weight is 410 g/mol. The summed E-state index contributed by atoms with van der Waals surface area (Å²) in [5.41, 5.74) is 3.50. The van der Waals surface area contributed by atoms with Crippen LogP contribution in [-0.2, 0) is 9.59 Å². The lowest BCUT2D eigenvalue weighted by Crippen LogP contribution is -2.27. The monoisotopic (exact) mass is 409 g/mol. The lowest BCUT2D eigenvalue weighted by molar-refractivity contribution is -0.116. The van der Waals surface area contributed by atoms with E-state index in [0.717, 1.165) is 28.6 Å². The van der Waals surface area contributed by atoms with E-state index in [1.54, 1.807) is 17.0 Å². The van der Waals surface area contributed by atoms with Crippen molar-refractivity contribution in [2.24, 2.45) is 4.99 Å². The Hall–Kier alpha value is -2.83. The Balaban J connectivity index is 1.75. The third kappa shape index (κ3) is 3.15. The first kappa shape index (κ1) is 18.5. The van der Waals surface area contributed by atoms with Gasteiger partial charge in [-0.25, -0.2) is 4.99 Å². The van der Waals surface area contributed by atoms with Crippen molar-refractivity contribution in [1.29, 1.82) is 0 Å². The molecule has 0 radical (unpaired) electrons. The molecule has 0 unspecified atom stereocenters. The molecule has 2 heterocycles. The lowest BCUT2D eigenvalue weighted by atomic mass is 10.1. The second kappa shape index (κ2) is 7.30. The molecule has 140 valence electrons. The number of thioether (sulfide) groups is 1. The Morgan fingerprint density at radius 3 is 2.79 bits per heavy atom. The maximum absolute atomic E-state index is 13.0. The molecule has 0 spiro atoms. The third-order valence-electron chi connectivity index (χ3n) is 4.47. The van der Waals surface area contributed by atoms with Gasteiger partial charge in [0.15, 0.2) is 5.17 Å². The van der Waals surface area contributed by atoms with E-state index in [2.05, 4.69) is 16.9 Å². The summed E-state index contributed by atoms with van der Waals surface area (Å²) in [4.78, 5) is 32.0. The first-order valence-corrected chi connectivity index (χ1v) is 9.79. The van der Waals surface area contributed by atoms with Crippen LogP contribution >= 0.6 is 23.4 Å². The molecule has 0 bridgehead atoms. The van der Waals surface area contributed by atoms with Crippen LogP contribution in [0.1, 0.15) is 11.1 Å². The maximum atomic E-state index is 13.0. The van der Waals surface area contributed by atoms with Gasteiger partial charge in [-0.3, -0.25) is 9.59 Å². The fourth-order valence-electron chi connectivity index (χ4n) is 3.12. The number of amides is 2. The topological polar surface area (TPSA) is 61.8 Å². The van der Waals surface area contributed by atoms with E-state index in [1.807, 2.05) is 43.3 Å². The van der Waals surface area contributed by atoms with E-state index in [9.17, 15) is 9.59 Å². The second-order valence-corrected chi connectivity index (χ2v) is 7.74. The molecule has 1 N–H and O–H groups in total. The fraction of sp³-hybridized carbons (Fsp3) is 0.0952. The number of nitrogens with zero attached hydrogens (tertiary/aromatic N) is 2. The molecule has 7 heteroatoms. The number of para-hydroxylation sites is 1. The van der Waals surface area contributed by atoms with Gasteiger partial charge in [-0.15, -0.1) is 6.58 Å². The highest BCUT2D eigenvalue weighted by Gasteiger charge is 2.38. The SMILES string of the molecule is C=CCN1C(=O)/C(=C2\SC(=Nc3ccc(C)c(Cl)c3)NC2=O)c2ccccc21. The van der Waals surface area contributed by atoms with Crippen LogP contribution in [0.3, 0.4) is 0 Å². The minimum absolute atomic E-state index is 0.210. The molecule has 0 aromatic heterocycles. The smallest absolute Gasteiger partial charge is 0.264 e. The highest BCUT2D eigenvalue weighted by atomic mass is 35.5. The molecule has 2 aliphatic rings. The van der Waals surface area contributed by atoms with Crippen LogP contribution in [0.2, 0.25) is 5.02 Å². The van der Waals surface area contributed by atoms with Gasteiger partial charge in [0, 0.05) is 17.1 Å². The van der Waals surface area contributed by atoms with Gasteiger partial charge in [-0.05, 0) is 42.4 Å². The van der Waals surface area contributed by atoms with Crippen LogP contribution < -0.4 is 10.2 Å². The van der Waals surface area contributed by atoms with Crippen LogP contribution in [0.4, 0.5) is 11.4 Å². The molecular weight excluding hydrogens is 394 g/mol. The van der Waals surface area contributed by atoms with Crippen molar-refractivity contribution in [2.75, 3.05) is 11.4 Å². The van der Waals surface area contributed by atoms with Crippen LogP contribution in [0.5, 0.6) is 0 Å². The second-order valence-electron chi connectivity index (χ2n) is 6.33. The Labute approximate surface area is 171 Å². The first-order valence-electron chi connectivity index (χ1n) is 8.60.